The number of aromatic nitrogens is 2. The van der Waals surface area contributed by atoms with Crippen LogP contribution in [0.25, 0.3) is 6.08 Å². The summed E-state index contributed by atoms with van der Waals surface area (Å²) < 4.78 is 29.8. The SMILES string of the molecule is O=C(/C=C\c1ccc([N+](=O)[O-])cc1)Nc1nnc(CCS(=O)(=O)c2ccccc2)o1. The van der Waals surface area contributed by atoms with Gasteiger partial charge in [-0.05, 0) is 35.9 Å². The van der Waals surface area contributed by atoms with E-state index < -0.39 is 20.7 Å². The van der Waals surface area contributed by atoms with Gasteiger partial charge in [-0.15, -0.1) is 5.10 Å². The molecule has 0 saturated carbocycles. The Bertz CT molecular complexity index is 1170. The third-order valence-corrected chi connectivity index (χ3v) is 5.65. The zero-order valence-electron chi connectivity index (χ0n) is 15.5. The Hall–Kier alpha value is -3.86. The molecule has 0 radical (unpaired) electrons. The molecule has 0 saturated heterocycles. The molecule has 3 aromatic rings. The molecule has 154 valence electrons. The van der Waals surface area contributed by atoms with Crippen molar-refractivity contribution in [1.29, 1.82) is 0 Å². The van der Waals surface area contributed by atoms with Gasteiger partial charge in [-0.25, -0.2) is 8.42 Å². The zero-order chi connectivity index (χ0) is 21.6. The van der Waals surface area contributed by atoms with Gasteiger partial charge in [-0.2, -0.15) is 0 Å². The highest BCUT2D eigenvalue weighted by Crippen LogP contribution is 2.14. The summed E-state index contributed by atoms with van der Waals surface area (Å²) in [5.74, 6) is -0.697. The maximum Gasteiger partial charge on any atom is 0.322 e. The predicted octanol–water partition coefficient (Wildman–Crippen LogP) is 2.65. The van der Waals surface area contributed by atoms with E-state index in [0.717, 1.165) is 0 Å². The Kier molecular flexibility index (Phi) is 6.32. The van der Waals surface area contributed by atoms with Gasteiger partial charge < -0.3 is 4.42 Å². The van der Waals surface area contributed by atoms with Crippen LogP contribution >= 0.6 is 0 Å². The number of amides is 1. The van der Waals surface area contributed by atoms with Crippen molar-refractivity contribution in [2.45, 2.75) is 11.3 Å². The number of hydrogen-bond donors (Lipinski definition) is 1. The van der Waals surface area contributed by atoms with Crippen LogP contribution in [0.1, 0.15) is 11.5 Å². The highest BCUT2D eigenvalue weighted by molar-refractivity contribution is 7.91. The molecule has 1 heterocycles. The van der Waals surface area contributed by atoms with E-state index in [1.54, 1.807) is 18.2 Å². The van der Waals surface area contributed by atoms with E-state index in [0.29, 0.717) is 5.56 Å². The first-order valence-electron chi connectivity index (χ1n) is 8.67. The molecular weight excluding hydrogens is 412 g/mol. The van der Waals surface area contributed by atoms with Gasteiger partial charge in [0.05, 0.1) is 15.6 Å². The van der Waals surface area contributed by atoms with Gasteiger partial charge in [0, 0.05) is 24.6 Å². The fraction of sp³-hybridized carbons (Fsp3) is 0.105. The van der Waals surface area contributed by atoms with Crippen molar-refractivity contribution >= 4 is 33.5 Å². The normalized spacial score (nSPS) is 11.5. The number of carbonyl (C=O) groups excluding carboxylic acids is 1. The smallest absolute Gasteiger partial charge is 0.322 e. The van der Waals surface area contributed by atoms with Crippen LogP contribution in [0.5, 0.6) is 0 Å². The summed E-state index contributed by atoms with van der Waals surface area (Å²) in [5, 5.41) is 20.4. The van der Waals surface area contributed by atoms with Crippen molar-refractivity contribution in [3.05, 3.63) is 82.2 Å². The van der Waals surface area contributed by atoms with E-state index in [2.05, 4.69) is 15.5 Å². The topological polar surface area (TPSA) is 145 Å². The van der Waals surface area contributed by atoms with Crippen LogP contribution in [0.3, 0.4) is 0 Å². The molecule has 0 fully saturated rings. The molecule has 3 rings (SSSR count). The number of non-ortho nitro benzene ring substituents is 1. The molecule has 0 spiro atoms. The summed E-state index contributed by atoms with van der Waals surface area (Å²) in [4.78, 5) is 22.3. The lowest BCUT2D eigenvalue weighted by Gasteiger charge is -2.01. The number of sulfone groups is 1. The number of nitro benzene ring substituents is 1. The highest BCUT2D eigenvalue weighted by atomic mass is 32.2. The Labute approximate surface area is 171 Å². The van der Waals surface area contributed by atoms with Crippen molar-refractivity contribution in [3.63, 3.8) is 0 Å². The van der Waals surface area contributed by atoms with Crippen LogP contribution in [0.4, 0.5) is 11.7 Å². The molecule has 0 unspecified atom stereocenters. The monoisotopic (exact) mass is 428 g/mol. The number of benzene rings is 2. The fourth-order valence-corrected chi connectivity index (χ4v) is 3.65. The average Bonchev–Trinajstić information content (AvgIpc) is 3.19. The van der Waals surface area contributed by atoms with Gasteiger partial charge >= 0.3 is 6.01 Å². The van der Waals surface area contributed by atoms with Crippen molar-refractivity contribution in [2.24, 2.45) is 0 Å². The number of hydrogen-bond acceptors (Lipinski definition) is 8. The predicted molar refractivity (Wildman–Crippen MR) is 107 cm³/mol. The summed E-state index contributed by atoms with van der Waals surface area (Å²) in [7, 11) is -3.49. The lowest BCUT2D eigenvalue weighted by Crippen LogP contribution is -2.09. The van der Waals surface area contributed by atoms with Crippen LogP contribution in [0.2, 0.25) is 0 Å². The molecule has 1 amide bonds. The first-order valence-corrected chi connectivity index (χ1v) is 10.3. The van der Waals surface area contributed by atoms with E-state index in [4.69, 9.17) is 4.42 Å². The minimum atomic E-state index is -3.49. The standard InChI is InChI=1S/C19H16N4O6S/c24-17(11-8-14-6-9-15(10-7-14)23(25)26)20-19-22-21-18(29-19)12-13-30(27,28)16-4-2-1-3-5-16/h1-11H,12-13H2,(H,20,22,24)/b11-8-. The van der Waals surface area contributed by atoms with E-state index in [9.17, 15) is 23.3 Å². The van der Waals surface area contributed by atoms with Crippen LogP contribution in [0.15, 0.2) is 70.0 Å². The number of carbonyl (C=O) groups is 1. The number of aryl methyl sites for hydroxylation is 1. The van der Waals surface area contributed by atoms with E-state index in [1.165, 1.54) is 48.6 Å². The molecule has 30 heavy (non-hydrogen) atoms. The third-order valence-electron chi connectivity index (χ3n) is 3.92. The number of rotatable bonds is 8. The highest BCUT2D eigenvalue weighted by Gasteiger charge is 2.16. The number of nitrogens with one attached hydrogen (secondary N) is 1. The molecular formula is C19H16N4O6S. The number of nitrogens with zero attached hydrogens (tertiary/aromatic N) is 3. The second-order valence-electron chi connectivity index (χ2n) is 6.05. The number of anilines is 1. The lowest BCUT2D eigenvalue weighted by molar-refractivity contribution is -0.384. The molecule has 0 aliphatic rings. The Balaban J connectivity index is 1.54. The molecule has 0 bridgehead atoms. The van der Waals surface area contributed by atoms with E-state index >= 15 is 0 Å². The summed E-state index contributed by atoms with van der Waals surface area (Å²) in [6.07, 6.45) is 2.66. The van der Waals surface area contributed by atoms with Crippen molar-refractivity contribution in [3.8, 4) is 0 Å². The Morgan fingerprint density at radius 1 is 1.10 bits per heavy atom. The molecule has 0 aliphatic heterocycles. The molecule has 0 aliphatic carbocycles. The summed E-state index contributed by atoms with van der Waals surface area (Å²) >= 11 is 0. The summed E-state index contributed by atoms with van der Waals surface area (Å²) in [6, 6.07) is 13.5. The maximum absolute atomic E-state index is 12.3. The minimum Gasteiger partial charge on any atom is -0.408 e. The van der Waals surface area contributed by atoms with Crippen molar-refractivity contribution in [2.75, 3.05) is 11.1 Å². The first-order chi connectivity index (χ1) is 14.3. The Morgan fingerprint density at radius 3 is 2.47 bits per heavy atom. The van der Waals surface area contributed by atoms with Gasteiger partial charge in [-0.3, -0.25) is 20.2 Å². The maximum atomic E-state index is 12.3. The van der Waals surface area contributed by atoms with Gasteiger partial charge in [0.15, 0.2) is 9.84 Å². The second-order valence-corrected chi connectivity index (χ2v) is 8.16. The second kappa shape index (κ2) is 9.09. The van der Waals surface area contributed by atoms with Crippen LogP contribution in [-0.4, -0.2) is 35.2 Å². The van der Waals surface area contributed by atoms with Gasteiger partial charge in [0.25, 0.3) is 11.6 Å². The molecule has 11 heteroatoms. The van der Waals surface area contributed by atoms with Crippen LogP contribution in [0, 0.1) is 10.1 Å². The molecule has 10 nitrogen and oxygen atoms in total. The fourth-order valence-electron chi connectivity index (χ4n) is 2.40. The third kappa shape index (κ3) is 5.58. The van der Waals surface area contributed by atoms with E-state index in [-0.39, 0.29) is 34.7 Å². The van der Waals surface area contributed by atoms with Gasteiger partial charge in [0.2, 0.25) is 5.89 Å². The summed E-state index contributed by atoms with van der Waals surface area (Å²) in [5.41, 5.74) is 0.539. The lowest BCUT2D eigenvalue weighted by atomic mass is 10.2. The molecule has 1 aromatic heterocycles. The molecule has 0 atom stereocenters. The van der Waals surface area contributed by atoms with Gasteiger partial charge in [-0.1, -0.05) is 23.3 Å². The minimum absolute atomic E-state index is 0.00126. The Morgan fingerprint density at radius 2 is 1.80 bits per heavy atom. The molecule has 2 aromatic carbocycles. The van der Waals surface area contributed by atoms with Crippen molar-refractivity contribution in [1.82, 2.24) is 10.2 Å². The van der Waals surface area contributed by atoms with Gasteiger partial charge in [0.1, 0.15) is 0 Å². The molecule has 1 N–H and O–H groups in total. The number of nitro groups is 1. The van der Waals surface area contributed by atoms with Crippen LogP contribution in [-0.2, 0) is 21.1 Å². The van der Waals surface area contributed by atoms with E-state index in [1.807, 2.05) is 0 Å². The zero-order valence-corrected chi connectivity index (χ0v) is 16.3. The van der Waals surface area contributed by atoms with Crippen LogP contribution < -0.4 is 5.32 Å². The quantitative estimate of drug-likeness (QED) is 0.327. The first kappa shape index (κ1) is 20.9. The largest absolute Gasteiger partial charge is 0.408 e. The summed E-state index contributed by atoms with van der Waals surface area (Å²) in [6.45, 7) is 0. The average molecular weight is 428 g/mol. The van der Waals surface area contributed by atoms with Crippen molar-refractivity contribution < 1.29 is 22.6 Å².